The van der Waals surface area contributed by atoms with E-state index in [1.165, 1.54) is 44.6 Å². The number of unbranched alkanes of at least 4 members (excludes halogenated alkanes) is 6. The third kappa shape index (κ3) is 4.62. The molecule has 2 aliphatic carbocycles. The molecule has 0 bridgehead atoms. The van der Waals surface area contributed by atoms with Crippen LogP contribution in [0, 0.1) is 33.5 Å². The molecule has 5 nitrogen and oxygen atoms in total. The number of hydrogen-bond acceptors (Lipinski definition) is 5. The van der Waals surface area contributed by atoms with Gasteiger partial charge in [0.2, 0.25) is 0 Å². The number of anilines is 1. The average molecular weight is 514 g/mol. The van der Waals surface area contributed by atoms with Crippen LogP contribution < -0.4 is 4.90 Å². The molecule has 0 radical (unpaired) electrons. The van der Waals surface area contributed by atoms with Crippen molar-refractivity contribution in [2.24, 2.45) is 10.8 Å². The molecule has 1 aromatic carbocycles. The molecule has 7 heteroatoms. The molecule has 1 fully saturated rings. The van der Waals surface area contributed by atoms with Crippen molar-refractivity contribution in [1.29, 1.82) is 10.5 Å². The SMILES string of the molecule is CCCCCCN(CCCCCC)c1ccc(C2=C[C@]3(C#N)C(=O)C(Cl)C(Cl)C(=O)[C@]23C#N)cc1. The van der Waals surface area contributed by atoms with Crippen LogP contribution in [0.15, 0.2) is 30.3 Å². The zero-order valence-corrected chi connectivity index (χ0v) is 22.0. The van der Waals surface area contributed by atoms with E-state index in [2.05, 4.69) is 18.7 Å². The molecule has 0 spiro atoms. The van der Waals surface area contributed by atoms with Gasteiger partial charge in [-0.05, 0) is 42.2 Å². The summed E-state index contributed by atoms with van der Waals surface area (Å²) in [6.45, 7) is 6.36. The first kappa shape index (κ1) is 27.3. The zero-order valence-electron chi connectivity index (χ0n) is 20.5. The number of halogens is 2. The fourth-order valence-electron chi connectivity index (χ4n) is 5.20. The lowest BCUT2D eigenvalue weighted by Crippen LogP contribution is -2.66. The topological polar surface area (TPSA) is 85.0 Å². The summed E-state index contributed by atoms with van der Waals surface area (Å²) in [6.07, 6.45) is 10.9. The number of hydrogen-bond donors (Lipinski definition) is 0. The first-order valence-electron chi connectivity index (χ1n) is 12.6. The van der Waals surface area contributed by atoms with Crippen LogP contribution in [-0.4, -0.2) is 35.4 Å². The highest BCUT2D eigenvalue weighted by Crippen LogP contribution is 2.64. The molecule has 0 heterocycles. The number of benzene rings is 1. The maximum atomic E-state index is 13.2. The lowest BCUT2D eigenvalue weighted by Gasteiger charge is -2.52. The number of nitrogens with zero attached hydrogens (tertiary/aromatic N) is 3. The predicted octanol–water partition coefficient (Wildman–Crippen LogP) is 6.44. The van der Waals surface area contributed by atoms with Crippen LogP contribution in [0.25, 0.3) is 5.57 Å². The van der Waals surface area contributed by atoms with Gasteiger partial charge in [-0.3, -0.25) is 9.59 Å². The number of carbonyl (C=O) groups excluding carboxylic acids is 2. The smallest absolute Gasteiger partial charge is 0.179 e. The Morgan fingerprint density at radius 2 is 1.37 bits per heavy atom. The van der Waals surface area contributed by atoms with Crippen molar-refractivity contribution in [3.63, 3.8) is 0 Å². The minimum absolute atomic E-state index is 0.359. The molecule has 0 saturated heterocycles. The van der Waals surface area contributed by atoms with Crippen LogP contribution in [0.1, 0.15) is 70.8 Å². The summed E-state index contributed by atoms with van der Waals surface area (Å²) in [4.78, 5) is 28.4. The molecule has 3 rings (SSSR count). The van der Waals surface area contributed by atoms with E-state index in [4.69, 9.17) is 23.2 Å². The van der Waals surface area contributed by atoms with Gasteiger partial charge in [-0.1, -0.05) is 64.5 Å². The lowest BCUT2D eigenvalue weighted by atomic mass is 9.44. The summed E-state index contributed by atoms with van der Waals surface area (Å²) in [5.74, 6) is -1.37. The van der Waals surface area contributed by atoms with Crippen molar-refractivity contribution in [1.82, 2.24) is 0 Å². The van der Waals surface area contributed by atoms with E-state index in [1.807, 2.05) is 36.4 Å². The molecule has 35 heavy (non-hydrogen) atoms. The Hall–Kier alpha value is -2.34. The molecule has 0 aliphatic heterocycles. The number of fused-ring (bicyclic) bond motifs is 1. The summed E-state index contributed by atoms with van der Waals surface area (Å²) < 4.78 is 0. The molecular weight excluding hydrogens is 481 g/mol. The monoisotopic (exact) mass is 513 g/mol. The first-order valence-corrected chi connectivity index (χ1v) is 13.5. The van der Waals surface area contributed by atoms with E-state index in [-0.39, 0.29) is 0 Å². The molecule has 186 valence electrons. The van der Waals surface area contributed by atoms with Crippen LogP contribution in [0.3, 0.4) is 0 Å². The third-order valence-corrected chi connectivity index (χ3v) is 8.35. The van der Waals surface area contributed by atoms with Crippen LogP contribution >= 0.6 is 23.2 Å². The highest BCUT2D eigenvalue weighted by atomic mass is 35.5. The van der Waals surface area contributed by atoms with Crippen molar-refractivity contribution in [3.05, 3.63) is 35.9 Å². The van der Waals surface area contributed by atoms with Gasteiger partial charge in [-0.15, -0.1) is 23.2 Å². The molecule has 0 aromatic heterocycles. The maximum absolute atomic E-state index is 13.2. The molecule has 1 saturated carbocycles. The summed E-state index contributed by atoms with van der Waals surface area (Å²) in [7, 11) is 0. The highest BCUT2D eigenvalue weighted by molar-refractivity contribution is 6.48. The molecule has 0 amide bonds. The summed E-state index contributed by atoms with van der Waals surface area (Å²) in [5.41, 5.74) is -1.75. The summed E-state index contributed by atoms with van der Waals surface area (Å²) in [5, 5.41) is 17.3. The Balaban J connectivity index is 1.88. The van der Waals surface area contributed by atoms with E-state index in [1.54, 1.807) is 0 Å². The molecule has 1 aromatic rings. The summed E-state index contributed by atoms with van der Waals surface area (Å²) >= 11 is 12.2. The number of nitriles is 2. The number of alkyl halides is 2. The van der Waals surface area contributed by atoms with Gasteiger partial charge >= 0.3 is 0 Å². The second kappa shape index (κ2) is 11.6. The van der Waals surface area contributed by atoms with Gasteiger partial charge in [0.15, 0.2) is 22.4 Å². The van der Waals surface area contributed by atoms with E-state index in [9.17, 15) is 20.1 Å². The number of Topliss-reactive ketones (excluding diaryl/α,β-unsaturated/α-hetero) is 2. The second-order valence-corrected chi connectivity index (χ2v) is 10.5. The number of allylic oxidation sites excluding steroid dienone is 2. The Morgan fingerprint density at radius 3 is 1.86 bits per heavy atom. The Morgan fingerprint density at radius 1 is 0.829 bits per heavy atom. The maximum Gasteiger partial charge on any atom is 0.179 e. The Labute approximate surface area is 218 Å². The van der Waals surface area contributed by atoms with Gasteiger partial charge in [0.1, 0.15) is 10.8 Å². The van der Waals surface area contributed by atoms with Crippen LogP contribution in [-0.2, 0) is 9.59 Å². The predicted molar refractivity (Wildman–Crippen MR) is 140 cm³/mol. The van der Waals surface area contributed by atoms with Crippen LogP contribution in [0.4, 0.5) is 5.69 Å². The Kier molecular flexibility index (Phi) is 9.03. The van der Waals surface area contributed by atoms with E-state index >= 15 is 0 Å². The van der Waals surface area contributed by atoms with Crippen molar-refractivity contribution >= 4 is 46.0 Å². The third-order valence-electron chi connectivity index (χ3n) is 7.32. The highest BCUT2D eigenvalue weighted by Gasteiger charge is 2.75. The van der Waals surface area contributed by atoms with Crippen LogP contribution in [0.5, 0.6) is 0 Å². The standard InChI is InChI=1S/C28H33Cl2N3O2/c1-3-5-7-9-15-33(16-10-8-6-4-2)21-13-11-20(12-14-21)22-17-27(18-31)25(34)23(29)24(30)26(35)28(22,27)19-32/h11-14,17,23-24H,3-10,15-16H2,1-2H3/t23?,24?,27-,28-/m0/s1. The minimum atomic E-state index is -1.93. The average Bonchev–Trinajstić information content (AvgIpc) is 2.87. The minimum Gasteiger partial charge on any atom is -0.372 e. The van der Waals surface area contributed by atoms with Crippen molar-refractivity contribution in [3.8, 4) is 12.1 Å². The summed E-state index contributed by atoms with van der Waals surface area (Å²) in [6, 6.07) is 11.6. The van der Waals surface area contributed by atoms with Crippen LogP contribution in [0.2, 0.25) is 0 Å². The van der Waals surface area contributed by atoms with E-state index in [0.717, 1.165) is 31.6 Å². The second-order valence-electron chi connectivity index (χ2n) is 9.53. The van der Waals surface area contributed by atoms with Gasteiger partial charge in [0.25, 0.3) is 0 Å². The normalized spacial score (nSPS) is 27.3. The fraction of sp³-hybridized carbons (Fsp3) is 0.571. The molecule has 2 aliphatic rings. The number of rotatable bonds is 12. The van der Waals surface area contributed by atoms with Gasteiger partial charge < -0.3 is 4.90 Å². The van der Waals surface area contributed by atoms with Crippen molar-refractivity contribution in [2.75, 3.05) is 18.0 Å². The Bertz CT molecular complexity index is 1040. The molecule has 0 N–H and O–H groups in total. The quantitative estimate of drug-likeness (QED) is 0.237. The van der Waals surface area contributed by atoms with Gasteiger partial charge in [0, 0.05) is 18.8 Å². The van der Waals surface area contributed by atoms with E-state index in [0.29, 0.717) is 11.1 Å². The first-order chi connectivity index (χ1) is 16.8. The lowest BCUT2D eigenvalue weighted by molar-refractivity contribution is -0.141. The van der Waals surface area contributed by atoms with E-state index < -0.39 is 33.2 Å². The van der Waals surface area contributed by atoms with Crippen molar-refractivity contribution in [2.45, 2.75) is 76.0 Å². The van der Waals surface area contributed by atoms with Gasteiger partial charge in [-0.25, -0.2) is 0 Å². The fourth-order valence-corrected chi connectivity index (χ4v) is 5.76. The number of ketones is 2. The molecular formula is C28H33Cl2N3O2. The van der Waals surface area contributed by atoms with Crippen molar-refractivity contribution < 1.29 is 9.59 Å². The number of carbonyl (C=O) groups is 2. The largest absolute Gasteiger partial charge is 0.372 e. The molecule has 4 atom stereocenters. The van der Waals surface area contributed by atoms with Gasteiger partial charge in [-0.2, -0.15) is 10.5 Å². The van der Waals surface area contributed by atoms with Gasteiger partial charge in [0.05, 0.1) is 12.1 Å². The molecule has 2 unspecified atom stereocenters. The zero-order chi connectivity index (χ0) is 25.6.